The molecule has 1 heterocycles. The molecule has 2 rings (SSSR count). The number of hydrogen-bond acceptors (Lipinski definition) is 2. The molecule has 0 aromatic carbocycles. The Morgan fingerprint density at radius 1 is 1.67 bits per heavy atom. The fourth-order valence-electron chi connectivity index (χ4n) is 1.37. The number of nitrogens with zero attached hydrogens (tertiary/aromatic N) is 1. The first-order valence-electron chi connectivity index (χ1n) is 5.21. The Bertz CT molecular complexity index is 357. The van der Waals surface area contributed by atoms with Gasteiger partial charge >= 0.3 is 6.03 Å². The molecule has 4 heteroatoms. The Kier molecular flexibility index (Phi) is 2.95. The summed E-state index contributed by atoms with van der Waals surface area (Å²) in [7, 11) is 1.84. The molecule has 15 heavy (non-hydrogen) atoms. The van der Waals surface area contributed by atoms with E-state index in [2.05, 4.69) is 23.7 Å². The van der Waals surface area contributed by atoms with E-state index < -0.39 is 0 Å². The molecule has 1 fully saturated rings. The lowest BCUT2D eigenvalue weighted by Crippen LogP contribution is -2.37. The van der Waals surface area contributed by atoms with Crippen molar-refractivity contribution in [3.8, 4) is 0 Å². The lowest BCUT2D eigenvalue weighted by Gasteiger charge is -2.17. The molecular formula is C11H16N2OS. The summed E-state index contributed by atoms with van der Waals surface area (Å²) in [5, 5.41) is 5.04. The predicted octanol–water partition coefficient (Wildman–Crippen LogP) is 2.36. The van der Waals surface area contributed by atoms with Crippen molar-refractivity contribution < 1.29 is 4.79 Å². The summed E-state index contributed by atoms with van der Waals surface area (Å²) in [5.74, 6) is 0. The van der Waals surface area contributed by atoms with Gasteiger partial charge in [0.05, 0.1) is 6.54 Å². The Morgan fingerprint density at radius 3 is 2.93 bits per heavy atom. The average Bonchev–Trinajstić information content (AvgIpc) is 2.92. The van der Waals surface area contributed by atoms with E-state index in [1.165, 1.54) is 10.4 Å². The molecule has 1 aromatic heterocycles. The smallest absolute Gasteiger partial charge is 0.317 e. The topological polar surface area (TPSA) is 32.3 Å². The molecular weight excluding hydrogens is 208 g/mol. The minimum Gasteiger partial charge on any atom is -0.335 e. The summed E-state index contributed by atoms with van der Waals surface area (Å²) < 4.78 is 0. The lowest BCUT2D eigenvalue weighted by atomic mass is 10.3. The molecule has 0 saturated heterocycles. The molecule has 0 bridgehead atoms. The fraction of sp³-hybridized carbons (Fsp3) is 0.545. The molecule has 1 aliphatic rings. The van der Waals surface area contributed by atoms with Gasteiger partial charge in [-0.05, 0) is 36.8 Å². The molecule has 0 atom stereocenters. The molecule has 0 spiro atoms. The first-order chi connectivity index (χ1) is 7.16. The number of thiophene rings is 1. The quantitative estimate of drug-likeness (QED) is 0.840. The largest absolute Gasteiger partial charge is 0.335 e. The Labute approximate surface area is 94.1 Å². The van der Waals surface area contributed by atoms with Crippen LogP contribution in [-0.4, -0.2) is 24.0 Å². The third kappa shape index (κ3) is 2.72. The molecule has 2 amide bonds. The monoisotopic (exact) mass is 224 g/mol. The highest BCUT2D eigenvalue weighted by molar-refractivity contribution is 7.10. The van der Waals surface area contributed by atoms with E-state index in [1.807, 2.05) is 7.05 Å². The number of urea groups is 1. The molecule has 0 unspecified atom stereocenters. The minimum absolute atomic E-state index is 0.0466. The summed E-state index contributed by atoms with van der Waals surface area (Å²) in [6, 6.07) is 2.57. The number of carbonyl (C=O) groups excluding carboxylic acids is 1. The van der Waals surface area contributed by atoms with E-state index in [-0.39, 0.29) is 6.03 Å². The van der Waals surface area contributed by atoms with Crippen LogP contribution in [0.5, 0.6) is 0 Å². The SMILES string of the molecule is Cc1ccsc1CN(C)C(=O)NC1CC1. The van der Waals surface area contributed by atoms with Gasteiger partial charge in [0.25, 0.3) is 0 Å². The molecule has 3 nitrogen and oxygen atoms in total. The van der Waals surface area contributed by atoms with Crippen molar-refractivity contribution in [2.75, 3.05) is 7.05 Å². The number of amides is 2. The van der Waals surface area contributed by atoms with Crippen molar-refractivity contribution in [1.82, 2.24) is 10.2 Å². The Morgan fingerprint density at radius 2 is 2.40 bits per heavy atom. The summed E-state index contributed by atoms with van der Waals surface area (Å²) in [6.07, 6.45) is 2.27. The van der Waals surface area contributed by atoms with Crippen LogP contribution in [-0.2, 0) is 6.54 Å². The predicted molar refractivity (Wildman–Crippen MR) is 62.1 cm³/mol. The average molecular weight is 224 g/mol. The first-order valence-corrected chi connectivity index (χ1v) is 6.09. The van der Waals surface area contributed by atoms with Gasteiger partial charge in [-0.2, -0.15) is 0 Å². The first kappa shape index (κ1) is 10.5. The van der Waals surface area contributed by atoms with Crippen LogP contribution in [0.2, 0.25) is 0 Å². The maximum Gasteiger partial charge on any atom is 0.317 e. The van der Waals surface area contributed by atoms with Gasteiger partial charge in [-0.3, -0.25) is 0 Å². The summed E-state index contributed by atoms with van der Waals surface area (Å²) in [6.45, 7) is 2.79. The summed E-state index contributed by atoms with van der Waals surface area (Å²) in [4.78, 5) is 14.7. The standard InChI is InChI=1S/C11H16N2OS/c1-8-5-6-15-10(8)7-13(2)11(14)12-9-3-4-9/h5-6,9H,3-4,7H2,1-2H3,(H,12,14). The normalized spacial score (nSPS) is 15.1. The minimum atomic E-state index is 0.0466. The van der Waals surface area contributed by atoms with E-state index in [0.29, 0.717) is 12.6 Å². The highest BCUT2D eigenvalue weighted by Crippen LogP contribution is 2.20. The van der Waals surface area contributed by atoms with Gasteiger partial charge in [0.1, 0.15) is 0 Å². The van der Waals surface area contributed by atoms with E-state index in [0.717, 1.165) is 12.8 Å². The summed E-state index contributed by atoms with van der Waals surface area (Å²) in [5.41, 5.74) is 1.27. The Hall–Kier alpha value is -1.03. The van der Waals surface area contributed by atoms with Crippen LogP contribution in [0.4, 0.5) is 4.79 Å². The van der Waals surface area contributed by atoms with Gasteiger partial charge in [0.2, 0.25) is 0 Å². The van der Waals surface area contributed by atoms with Crippen molar-refractivity contribution in [1.29, 1.82) is 0 Å². The summed E-state index contributed by atoms with van der Waals surface area (Å²) >= 11 is 1.71. The zero-order valence-electron chi connectivity index (χ0n) is 9.12. The van der Waals surface area contributed by atoms with Crippen LogP contribution in [0.1, 0.15) is 23.3 Å². The molecule has 0 radical (unpaired) electrons. The number of aryl methyl sites for hydroxylation is 1. The van der Waals surface area contributed by atoms with Crippen LogP contribution >= 0.6 is 11.3 Å². The van der Waals surface area contributed by atoms with Crippen molar-refractivity contribution in [3.63, 3.8) is 0 Å². The van der Waals surface area contributed by atoms with Crippen molar-refractivity contribution >= 4 is 17.4 Å². The zero-order valence-corrected chi connectivity index (χ0v) is 9.93. The fourth-order valence-corrected chi connectivity index (χ4v) is 2.32. The Balaban J connectivity index is 1.87. The van der Waals surface area contributed by atoms with E-state index in [9.17, 15) is 4.79 Å². The van der Waals surface area contributed by atoms with Crippen molar-refractivity contribution in [2.45, 2.75) is 32.4 Å². The zero-order chi connectivity index (χ0) is 10.8. The second-order valence-corrected chi connectivity index (χ2v) is 5.11. The van der Waals surface area contributed by atoms with E-state index in [1.54, 1.807) is 16.2 Å². The number of hydrogen-bond donors (Lipinski definition) is 1. The van der Waals surface area contributed by atoms with Gasteiger partial charge in [-0.1, -0.05) is 0 Å². The number of carbonyl (C=O) groups is 1. The molecule has 1 aromatic rings. The third-order valence-corrected chi connectivity index (χ3v) is 3.61. The highest BCUT2D eigenvalue weighted by atomic mass is 32.1. The van der Waals surface area contributed by atoms with E-state index in [4.69, 9.17) is 0 Å². The van der Waals surface area contributed by atoms with Gasteiger partial charge in [0.15, 0.2) is 0 Å². The maximum absolute atomic E-state index is 11.7. The second-order valence-electron chi connectivity index (χ2n) is 4.11. The van der Waals surface area contributed by atoms with E-state index >= 15 is 0 Å². The van der Waals surface area contributed by atoms with Crippen LogP contribution in [0.3, 0.4) is 0 Å². The van der Waals surface area contributed by atoms with Crippen molar-refractivity contribution in [3.05, 3.63) is 21.9 Å². The van der Waals surface area contributed by atoms with Gasteiger partial charge in [-0.25, -0.2) is 4.79 Å². The van der Waals surface area contributed by atoms with Crippen LogP contribution < -0.4 is 5.32 Å². The number of rotatable bonds is 3. The molecule has 1 N–H and O–H groups in total. The highest BCUT2D eigenvalue weighted by Gasteiger charge is 2.24. The van der Waals surface area contributed by atoms with Gasteiger partial charge in [0, 0.05) is 18.0 Å². The van der Waals surface area contributed by atoms with Crippen LogP contribution in [0, 0.1) is 6.92 Å². The molecule has 1 aliphatic carbocycles. The number of nitrogens with one attached hydrogen (secondary N) is 1. The van der Waals surface area contributed by atoms with Crippen LogP contribution in [0.15, 0.2) is 11.4 Å². The van der Waals surface area contributed by atoms with Gasteiger partial charge in [-0.15, -0.1) is 11.3 Å². The van der Waals surface area contributed by atoms with Gasteiger partial charge < -0.3 is 10.2 Å². The third-order valence-electron chi connectivity index (χ3n) is 2.60. The molecule has 1 saturated carbocycles. The van der Waals surface area contributed by atoms with Crippen LogP contribution in [0.25, 0.3) is 0 Å². The molecule has 0 aliphatic heterocycles. The maximum atomic E-state index is 11.7. The van der Waals surface area contributed by atoms with Crippen molar-refractivity contribution in [2.24, 2.45) is 0 Å². The molecule has 82 valence electrons. The lowest BCUT2D eigenvalue weighted by molar-refractivity contribution is 0.207. The second kappa shape index (κ2) is 4.23.